The highest BCUT2D eigenvalue weighted by Gasteiger charge is 2.11. The van der Waals surface area contributed by atoms with E-state index in [0.717, 1.165) is 24.0 Å². The lowest BCUT2D eigenvalue weighted by atomic mass is 10.2. The van der Waals surface area contributed by atoms with E-state index in [1.807, 2.05) is 44.6 Å². The molecule has 0 spiro atoms. The SMILES string of the molecule is CN(C)CCn1cc(C(N)=O)c2ccccc21. The fraction of sp³-hybridized carbons (Fsp3) is 0.308. The number of aromatic nitrogens is 1. The molecule has 2 rings (SSSR count). The third-order valence-corrected chi connectivity index (χ3v) is 2.84. The molecule has 2 aromatic rings. The van der Waals surface area contributed by atoms with E-state index < -0.39 is 0 Å². The van der Waals surface area contributed by atoms with Gasteiger partial charge in [-0.2, -0.15) is 0 Å². The summed E-state index contributed by atoms with van der Waals surface area (Å²) in [6.45, 7) is 1.78. The van der Waals surface area contributed by atoms with Crippen LogP contribution in [-0.2, 0) is 6.54 Å². The van der Waals surface area contributed by atoms with Crippen LogP contribution in [0.3, 0.4) is 0 Å². The monoisotopic (exact) mass is 231 g/mol. The Morgan fingerprint density at radius 3 is 2.71 bits per heavy atom. The topological polar surface area (TPSA) is 51.3 Å². The molecule has 0 aliphatic rings. The smallest absolute Gasteiger partial charge is 0.250 e. The number of hydrogen-bond acceptors (Lipinski definition) is 2. The second kappa shape index (κ2) is 4.59. The lowest BCUT2D eigenvalue weighted by molar-refractivity contribution is 0.100. The van der Waals surface area contributed by atoms with Gasteiger partial charge in [0.15, 0.2) is 0 Å². The number of hydrogen-bond donors (Lipinski definition) is 1. The van der Waals surface area contributed by atoms with Crippen molar-refractivity contribution in [2.75, 3.05) is 20.6 Å². The zero-order chi connectivity index (χ0) is 12.4. The van der Waals surface area contributed by atoms with E-state index in [2.05, 4.69) is 9.47 Å². The Labute approximate surface area is 101 Å². The van der Waals surface area contributed by atoms with Gasteiger partial charge in [-0.25, -0.2) is 0 Å². The maximum absolute atomic E-state index is 11.4. The van der Waals surface area contributed by atoms with E-state index in [4.69, 9.17) is 5.73 Å². The number of likely N-dealkylation sites (N-methyl/N-ethyl adjacent to an activating group) is 1. The van der Waals surface area contributed by atoms with Crippen molar-refractivity contribution in [3.8, 4) is 0 Å². The highest BCUT2D eigenvalue weighted by atomic mass is 16.1. The molecule has 1 amide bonds. The van der Waals surface area contributed by atoms with Crippen LogP contribution in [0.5, 0.6) is 0 Å². The Kier molecular flexibility index (Phi) is 3.15. The van der Waals surface area contributed by atoms with Gasteiger partial charge in [-0.05, 0) is 20.2 Å². The van der Waals surface area contributed by atoms with Gasteiger partial charge in [-0.3, -0.25) is 4.79 Å². The molecule has 0 aliphatic carbocycles. The van der Waals surface area contributed by atoms with Crippen LogP contribution in [0, 0.1) is 0 Å². The molecule has 4 heteroatoms. The third kappa shape index (κ3) is 2.31. The van der Waals surface area contributed by atoms with Crippen LogP contribution in [-0.4, -0.2) is 36.0 Å². The number of carbonyl (C=O) groups excluding carboxylic acids is 1. The van der Waals surface area contributed by atoms with Crippen molar-refractivity contribution >= 4 is 16.8 Å². The summed E-state index contributed by atoms with van der Waals surface area (Å²) in [6, 6.07) is 7.84. The molecule has 2 N–H and O–H groups in total. The molecular weight excluding hydrogens is 214 g/mol. The summed E-state index contributed by atoms with van der Waals surface area (Å²) >= 11 is 0. The molecule has 17 heavy (non-hydrogen) atoms. The maximum atomic E-state index is 11.4. The lowest BCUT2D eigenvalue weighted by Crippen LogP contribution is -2.18. The van der Waals surface area contributed by atoms with Gasteiger partial charge in [0.2, 0.25) is 0 Å². The van der Waals surface area contributed by atoms with E-state index in [1.54, 1.807) is 0 Å². The second-order valence-electron chi connectivity index (χ2n) is 4.42. The molecular formula is C13H17N3O. The van der Waals surface area contributed by atoms with Crippen molar-refractivity contribution in [3.05, 3.63) is 36.0 Å². The number of amides is 1. The minimum absolute atomic E-state index is 0.371. The molecule has 0 saturated heterocycles. The zero-order valence-corrected chi connectivity index (χ0v) is 10.2. The van der Waals surface area contributed by atoms with Crippen molar-refractivity contribution in [1.29, 1.82) is 0 Å². The molecule has 0 radical (unpaired) electrons. The average molecular weight is 231 g/mol. The number of fused-ring (bicyclic) bond motifs is 1. The number of nitrogens with two attached hydrogens (primary N) is 1. The molecule has 0 bridgehead atoms. The molecule has 0 unspecified atom stereocenters. The first-order valence-electron chi connectivity index (χ1n) is 5.62. The van der Waals surface area contributed by atoms with Crippen molar-refractivity contribution in [3.63, 3.8) is 0 Å². The fourth-order valence-electron chi connectivity index (χ4n) is 1.94. The Morgan fingerprint density at radius 2 is 2.06 bits per heavy atom. The molecule has 1 aromatic heterocycles. The average Bonchev–Trinajstić information content (AvgIpc) is 2.65. The van der Waals surface area contributed by atoms with Gasteiger partial charge in [-0.15, -0.1) is 0 Å². The van der Waals surface area contributed by atoms with Crippen LogP contribution in [0.25, 0.3) is 10.9 Å². The van der Waals surface area contributed by atoms with Gasteiger partial charge in [0.25, 0.3) is 5.91 Å². The lowest BCUT2D eigenvalue weighted by Gasteiger charge is -2.10. The quantitative estimate of drug-likeness (QED) is 0.862. The van der Waals surface area contributed by atoms with E-state index in [-0.39, 0.29) is 5.91 Å². The molecule has 1 aromatic carbocycles. The molecule has 4 nitrogen and oxygen atoms in total. The van der Waals surface area contributed by atoms with Gasteiger partial charge in [0.05, 0.1) is 5.56 Å². The maximum Gasteiger partial charge on any atom is 0.250 e. The first-order chi connectivity index (χ1) is 8.09. The second-order valence-corrected chi connectivity index (χ2v) is 4.42. The summed E-state index contributed by atoms with van der Waals surface area (Å²) in [4.78, 5) is 13.5. The molecule has 90 valence electrons. The molecule has 0 saturated carbocycles. The predicted octanol–water partition coefficient (Wildman–Crippen LogP) is 1.30. The molecule has 0 aliphatic heterocycles. The van der Waals surface area contributed by atoms with Gasteiger partial charge < -0.3 is 15.2 Å². The number of benzene rings is 1. The van der Waals surface area contributed by atoms with Crippen LogP contribution in [0.15, 0.2) is 30.5 Å². The van der Waals surface area contributed by atoms with Crippen LogP contribution in [0.2, 0.25) is 0 Å². The Balaban J connectivity index is 2.45. The van der Waals surface area contributed by atoms with Gasteiger partial charge >= 0.3 is 0 Å². The fourth-order valence-corrected chi connectivity index (χ4v) is 1.94. The van der Waals surface area contributed by atoms with Crippen molar-refractivity contribution in [2.45, 2.75) is 6.54 Å². The Hall–Kier alpha value is -1.81. The van der Waals surface area contributed by atoms with E-state index in [9.17, 15) is 4.79 Å². The summed E-state index contributed by atoms with van der Waals surface area (Å²) in [6.07, 6.45) is 1.84. The van der Waals surface area contributed by atoms with Crippen LogP contribution < -0.4 is 5.73 Å². The minimum Gasteiger partial charge on any atom is -0.366 e. The Bertz CT molecular complexity index is 543. The van der Waals surface area contributed by atoms with Crippen LogP contribution in [0.1, 0.15) is 10.4 Å². The summed E-state index contributed by atoms with van der Waals surface area (Å²) in [5, 5.41) is 0.929. The highest BCUT2D eigenvalue weighted by molar-refractivity contribution is 6.06. The summed E-state index contributed by atoms with van der Waals surface area (Å²) in [7, 11) is 4.06. The van der Waals surface area contributed by atoms with E-state index in [1.165, 1.54) is 0 Å². The minimum atomic E-state index is -0.371. The van der Waals surface area contributed by atoms with Gasteiger partial charge in [0.1, 0.15) is 0 Å². The number of carbonyl (C=O) groups is 1. The molecule has 0 fully saturated rings. The molecule has 1 heterocycles. The van der Waals surface area contributed by atoms with Gasteiger partial charge in [0, 0.05) is 30.2 Å². The summed E-state index contributed by atoms with van der Waals surface area (Å²) in [5.41, 5.74) is 7.04. The van der Waals surface area contributed by atoms with Crippen molar-refractivity contribution in [2.24, 2.45) is 5.73 Å². The Morgan fingerprint density at radius 1 is 1.35 bits per heavy atom. The van der Waals surface area contributed by atoms with Crippen molar-refractivity contribution < 1.29 is 4.79 Å². The standard InChI is InChI=1S/C13H17N3O/c1-15(2)7-8-16-9-11(13(14)17)10-5-3-4-6-12(10)16/h3-6,9H,7-8H2,1-2H3,(H2,14,17). The largest absolute Gasteiger partial charge is 0.366 e. The normalized spacial score (nSPS) is 11.2. The van der Waals surface area contributed by atoms with Crippen LogP contribution in [0.4, 0.5) is 0 Å². The molecule has 0 atom stereocenters. The van der Waals surface area contributed by atoms with Crippen LogP contribution >= 0.6 is 0 Å². The van der Waals surface area contributed by atoms with Gasteiger partial charge in [-0.1, -0.05) is 18.2 Å². The summed E-state index contributed by atoms with van der Waals surface area (Å²) in [5.74, 6) is -0.371. The van der Waals surface area contributed by atoms with E-state index in [0.29, 0.717) is 5.56 Å². The number of nitrogens with zero attached hydrogens (tertiary/aromatic N) is 2. The predicted molar refractivity (Wildman–Crippen MR) is 69.0 cm³/mol. The number of primary amides is 1. The highest BCUT2D eigenvalue weighted by Crippen LogP contribution is 2.20. The first kappa shape index (κ1) is 11.7. The number of para-hydroxylation sites is 1. The number of rotatable bonds is 4. The first-order valence-corrected chi connectivity index (χ1v) is 5.62. The summed E-state index contributed by atoms with van der Waals surface area (Å²) < 4.78 is 2.08. The third-order valence-electron chi connectivity index (χ3n) is 2.84. The van der Waals surface area contributed by atoms with Crippen molar-refractivity contribution in [1.82, 2.24) is 9.47 Å². The zero-order valence-electron chi connectivity index (χ0n) is 10.2. The van der Waals surface area contributed by atoms with E-state index >= 15 is 0 Å².